The Hall–Kier alpha value is -1.51. The van der Waals surface area contributed by atoms with Gasteiger partial charge in [0, 0.05) is 18.8 Å². The molecule has 0 radical (unpaired) electrons. The number of carbonyl (C=O) groups excluding carboxylic acids is 1. The van der Waals surface area contributed by atoms with E-state index in [1.54, 1.807) is 0 Å². The van der Waals surface area contributed by atoms with Crippen molar-refractivity contribution in [2.75, 3.05) is 18.5 Å². The number of para-hydroxylation sites is 1. The lowest BCUT2D eigenvalue weighted by Gasteiger charge is -2.18. The Balaban J connectivity index is 1.85. The van der Waals surface area contributed by atoms with Crippen molar-refractivity contribution in [3.8, 4) is 0 Å². The number of amides is 1. The fourth-order valence-corrected chi connectivity index (χ4v) is 1.49. The lowest BCUT2D eigenvalue weighted by atomic mass is 10.3. The van der Waals surface area contributed by atoms with E-state index in [1.807, 2.05) is 42.3 Å². The van der Waals surface area contributed by atoms with Crippen molar-refractivity contribution in [1.29, 1.82) is 0 Å². The topological polar surface area (TPSA) is 32.3 Å². The third-order valence-electron chi connectivity index (χ3n) is 2.52. The van der Waals surface area contributed by atoms with E-state index in [0.29, 0.717) is 12.6 Å². The first kappa shape index (κ1) is 10.0. The molecule has 1 fully saturated rings. The van der Waals surface area contributed by atoms with Crippen LogP contribution >= 0.6 is 0 Å². The molecule has 0 bridgehead atoms. The van der Waals surface area contributed by atoms with Crippen LogP contribution in [-0.4, -0.2) is 25.5 Å². The number of hydrogen-bond acceptors (Lipinski definition) is 2. The van der Waals surface area contributed by atoms with Gasteiger partial charge in [-0.05, 0) is 25.0 Å². The number of anilines is 1. The van der Waals surface area contributed by atoms with Gasteiger partial charge in [-0.15, -0.1) is 0 Å². The van der Waals surface area contributed by atoms with Crippen LogP contribution in [0.5, 0.6) is 0 Å². The Morgan fingerprint density at radius 1 is 1.40 bits per heavy atom. The normalized spacial score (nSPS) is 14.7. The van der Waals surface area contributed by atoms with Gasteiger partial charge in [0.15, 0.2) is 0 Å². The van der Waals surface area contributed by atoms with Crippen LogP contribution in [0.1, 0.15) is 12.8 Å². The molecular formula is C12H16N2O. The van der Waals surface area contributed by atoms with Crippen molar-refractivity contribution >= 4 is 11.6 Å². The molecule has 0 spiro atoms. The number of rotatable bonds is 4. The van der Waals surface area contributed by atoms with Gasteiger partial charge in [0.1, 0.15) is 0 Å². The second-order valence-electron chi connectivity index (χ2n) is 4.03. The van der Waals surface area contributed by atoms with E-state index in [1.165, 1.54) is 0 Å². The molecule has 15 heavy (non-hydrogen) atoms. The molecular weight excluding hydrogens is 188 g/mol. The Bertz CT molecular complexity index is 333. The lowest BCUT2D eigenvalue weighted by Crippen LogP contribution is -2.36. The summed E-state index contributed by atoms with van der Waals surface area (Å²) >= 11 is 0. The van der Waals surface area contributed by atoms with E-state index >= 15 is 0 Å². The molecule has 1 aromatic carbocycles. The highest BCUT2D eigenvalue weighted by atomic mass is 16.2. The van der Waals surface area contributed by atoms with Crippen LogP contribution < -0.4 is 10.2 Å². The molecule has 0 aliphatic heterocycles. The maximum atomic E-state index is 11.5. The first-order chi connectivity index (χ1) is 7.25. The third kappa shape index (κ3) is 2.98. The van der Waals surface area contributed by atoms with E-state index in [-0.39, 0.29) is 5.91 Å². The van der Waals surface area contributed by atoms with Crippen molar-refractivity contribution in [2.24, 2.45) is 0 Å². The summed E-state index contributed by atoms with van der Waals surface area (Å²) in [5.74, 6) is 0.115. The van der Waals surface area contributed by atoms with Crippen LogP contribution in [0.2, 0.25) is 0 Å². The first-order valence-electron chi connectivity index (χ1n) is 5.31. The Kier molecular flexibility index (Phi) is 2.90. The number of nitrogens with zero attached hydrogens (tertiary/aromatic N) is 1. The molecule has 0 unspecified atom stereocenters. The Morgan fingerprint density at radius 3 is 2.67 bits per heavy atom. The molecule has 1 aliphatic rings. The van der Waals surface area contributed by atoms with Gasteiger partial charge < -0.3 is 10.2 Å². The standard InChI is InChI=1S/C12H16N2O/c1-14(11-5-3-2-4-6-11)9-12(15)13-10-7-8-10/h2-6,10H,7-9H2,1H3,(H,13,15). The summed E-state index contributed by atoms with van der Waals surface area (Å²) in [6.45, 7) is 0.431. The minimum atomic E-state index is 0.115. The van der Waals surface area contributed by atoms with Gasteiger partial charge in [0.05, 0.1) is 6.54 Å². The predicted molar refractivity (Wildman–Crippen MR) is 60.9 cm³/mol. The zero-order valence-electron chi connectivity index (χ0n) is 8.94. The lowest BCUT2D eigenvalue weighted by molar-refractivity contribution is -0.119. The van der Waals surface area contributed by atoms with Crippen LogP contribution in [-0.2, 0) is 4.79 Å². The average molecular weight is 204 g/mol. The SMILES string of the molecule is CN(CC(=O)NC1CC1)c1ccccc1. The fraction of sp³-hybridized carbons (Fsp3) is 0.417. The van der Waals surface area contributed by atoms with Crippen molar-refractivity contribution in [1.82, 2.24) is 5.32 Å². The molecule has 3 heteroatoms. The highest BCUT2D eigenvalue weighted by Gasteiger charge is 2.23. The summed E-state index contributed by atoms with van der Waals surface area (Å²) in [4.78, 5) is 13.5. The van der Waals surface area contributed by atoms with E-state index < -0.39 is 0 Å². The van der Waals surface area contributed by atoms with Crippen LogP contribution in [0, 0.1) is 0 Å². The predicted octanol–water partition coefficient (Wildman–Crippen LogP) is 1.40. The molecule has 1 N–H and O–H groups in total. The highest BCUT2D eigenvalue weighted by Crippen LogP contribution is 2.18. The largest absolute Gasteiger partial charge is 0.365 e. The van der Waals surface area contributed by atoms with Crippen molar-refractivity contribution < 1.29 is 4.79 Å². The van der Waals surface area contributed by atoms with Crippen LogP contribution in [0.4, 0.5) is 5.69 Å². The Morgan fingerprint density at radius 2 is 2.07 bits per heavy atom. The van der Waals surface area contributed by atoms with Crippen LogP contribution in [0.15, 0.2) is 30.3 Å². The molecule has 3 nitrogen and oxygen atoms in total. The van der Waals surface area contributed by atoms with Gasteiger partial charge in [-0.1, -0.05) is 18.2 Å². The minimum absolute atomic E-state index is 0.115. The molecule has 0 atom stereocenters. The molecule has 1 aliphatic carbocycles. The highest BCUT2D eigenvalue weighted by molar-refractivity contribution is 5.81. The van der Waals surface area contributed by atoms with Gasteiger partial charge in [0.2, 0.25) is 5.91 Å². The summed E-state index contributed by atoms with van der Waals surface area (Å²) in [5.41, 5.74) is 1.07. The van der Waals surface area contributed by atoms with Crippen molar-refractivity contribution in [3.05, 3.63) is 30.3 Å². The number of benzene rings is 1. The van der Waals surface area contributed by atoms with Crippen LogP contribution in [0.3, 0.4) is 0 Å². The number of hydrogen-bond donors (Lipinski definition) is 1. The number of likely N-dealkylation sites (N-methyl/N-ethyl adjacent to an activating group) is 1. The summed E-state index contributed by atoms with van der Waals surface area (Å²) in [6.07, 6.45) is 2.28. The molecule has 1 amide bonds. The van der Waals surface area contributed by atoms with Gasteiger partial charge in [-0.2, -0.15) is 0 Å². The molecule has 80 valence electrons. The van der Waals surface area contributed by atoms with Gasteiger partial charge in [0.25, 0.3) is 0 Å². The van der Waals surface area contributed by atoms with Gasteiger partial charge >= 0.3 is 0 Å². The van der Waals surface area contributed by atoms with Crippen molar-refractivity contribution in [2.45, 2.75) is 18.9 Å². The zero-order chi connectivity index (χ0) is 10.7. The molecule has 2 rings (SSSR count). The molecule has 0 heterocycles. The fourth-order valence-electron chi connectivity index (χ4n) is 1.49. The van der Waals surface area contributed by atoms with E-state index in [2.05, 4.69) is 5.32 Å². The molecule has 0 saturated heterocycles. The number of nitrogens with one attached hydrogen (secondary N) is 1. The Labute approximate surface area is 90.1 Å². The maximum Gasteiger partial charge on any atom is 0.239 e. The zero-order valence-corrected chi connectivity index (χ0v) is 8.94. The van der Waals surface area contributed by atoms with E-state index in [4.69, 9.17) is 0 Å². The molecule has 1 aromatic rings. The number of carbonyl (C=O) groups is 1. The smallest absolute Gasteiger partial charge is 0.239 e. The monoisotopic (exact) mass is 204 g/mol. The minimum Gasteiger partial charge on any atom is -0.365 e. The average Bonchev–Trinajstić information content (AvgIpc) is 3.03. The van der Waals surface area contributed by atoms with Crippen LogP contribution in [0.25, 0.3) is 0 Å². The second-order valence-corrected chi connectivity index (χ2v) is 4.03. The summed E-state index contributed by atoms with van der Waals surface area (Å²) in [6, 6.07) is 10.4. The quantitative estimate of drug-likeness (QED) is 0.804. The summed E-state index contributed by atoms with van der Waals surface area (Å²) < 4.78 is 0. The van der Waals surface area contributed by atoms with Gasteiger partial charge in [-0.25, -0.2) is 0 Å². The molecule has 1 saturated carbocycles. The summed E-state index contributed by atoms with van der Waals surface area (Å²) in [5, 5.41) is 2.97. The van der Waals surface area contributed by atoms with Gasteiger partial charge in [-0.3, -0.25) is 4.79 Å². The second kappa shape index (κ2) is 4.34. The first-order valence-corrected chi connectivity index (χ1v) is 5.31. The van der Waals surface area contributed by atoms with Crippen molar-refractivity contribution in [3.63, 3.8) is 0 Å². The van der Waals surface area contributed by atoms with E-state index in [9.17, 15) is 4.79 Å². The van der Waals surface area contributed by atoms with E-state index in [0.717, 1.165) is 18.5 Å². The summed E-state index contributed by atoms with van der Waals surface area (Å²) in [7, 11) is 1.93. The maximum absolute atomic E-state index is 11.5. The third-order valence-corrected chi connectivity index (χ3v) is 2.52. The molecule has 0 aromatic heterocycles.